The summed E-state index contributed by atoms with van der Waals surface area (Å²) in [4.78, 5) is 27.5. The van der Waals surface area contributed by atoms with E-state index in [1.165, 1.54) is 24.4 Å². The highest BCUT2D eigenvalue weighted by molar-refractivity contribution is 7.17. The molecule has 2 aromatic heterocycles. The van der Waals surface area contributed by atoms with E-state index in [9.17, 15) is 20.2 Å². The lowest BCUT2D eigenvalue weighted by Gasteiger charge is -2.07. The second-order valence-corrected chi connectivity index (χ2v) is 6.69. The third kappa shape index (κ3) is 4.28. The number of carbonyl (C=O) groups excluding carboxylic acids is 1. The molecule has 0 saturated carbocycles. The number of aromatic amines is 1. The summed E-state index contributed by atoms with van der Waals surface area (Å²) in [5.41, 5.74) is 1.21. The van der Waals surface area contributed by atoms with Gasteiger partial charge in [0.15, 0.2) is 0 Å². The van der Waals surface area contributed by atoms with Crippen molar-refractivity contribution in [2.24, 2.45) is 0 Å². The van der Waals surface area contributed by atoms with Gasteiger partial charge in [0.25, 0.3) is 5.69 Å². The third-order valence-electron chi connectivity index (χ3n) is 3.78. The normalized spacial score (nSPS) is 11.0. The van der Waals surface area contributed by atoms with E-state index in [2.05, 4.69) is 30.9 Å². The summed E-state index contributed by atoms with van der Waals surface area (Å²) in [6.07, 6.45) is 1.35. The summed E-state index contributed by atoms with van der Waals surface area (Å²) in [7, 11) is 0. The molecule has 0 aliphatic carbocycles. The van der Waals surface area contributed by atoms with E-state index in [1.807, 2.05) is 6.07 Å². The Hall–Kier alpha value is -4.18. The molecule has 3 rings (SSSR count). The van der Waals surface area contributed by atoms with Gasteiger partial charge in [-0.25, -0.2) is 9.78 Å². The highest BCUT2D eigenvalue weighted by atomic mass is 32.1. The maximum absolute atomic E-state index is 12.1. The molecular formula is C17H14N8O4S. The average molecular weight is 426 g/mol. The number of tetrazole rings is 1. The Labute approximate surface area is 173 Å². The minimum atomic E-state index is -0.532. The second-order valence-electron chi connectivity index (χ2n) is 5.69. The molecule has 0 saturated heterocycles. The lowest BCUT2D eigenvalue weighted by Crippen LogP contribution is -2.03. The molecule has 1 aromatic carbocycles. The molecule has 0 fully saturated rings. The fraction of sp³-hybridized carbons (Fsp3) is 0.176. The number of nitro groups is 1. The second kappa shape index (κ2) is 8.88. The van der Waals surface area contributed by atoms with Crippen LogP contribution in [0.1, 0.15) is 28.1 Å². The highest BCUT2D eigenvalue weighted by Gasteiger charge is 2.21. The largest absolute Gasteiger partial charge is 0.462 e. The monoisotopic (exact) mass is 426 g/mol. The Morgan fingerprint density at radius 2 is 2.30 bits per heavy atom. The van der Waals surface area contributed by atoms with Crippen LogP contribution in [0.5, 0.6) is 0 Å². The molecule has 0 spiro atoms. The van der Waals surface area contributed by atoms with Crippen LogP contribution in [0.3, 0.4) is 0 Å². The number of nitro benzene ring substituents is 1. The van der Waals surface area contributed by atoms with E-state index in [1.54, 1.807) is 13.8 Å². The van der Waals surface area contributed by atoms with Crippen LogP contribution in [0.15, 0.2) is 24.4 Å². The number of carbonyl (C=O) groups is 1. The van der Waals surface area contributed by atoms with E-state index >= 15 is 0 Å². The van der Waals surface area contributed by atoms with E-state index in [-0.39, 0.29) is 23.7 Å². The standard InChI is InChI=1S/C17H14N8O4S/c1-3-29-17(26)14-9(2)20-16(30-14)12-6-11(25(27)28)4-5-13(12)19-8-10(7-18)15-21-23-24-22-15/h4-6,8,19H,3H2,1-2H3,(H,21,22,23,24). The number of H-pyrrole nitrogens is 1. The molecule has 0 aliphatic rings. The number of hydrogen-bond donors (Lipinski definition) is 2. The van der Waals surface area contributed by atoms with Gasteiger partial charge in [-0.1, -0.05) is 0 Å². The molecule has 12 nitrogen and oxygen atoms in total. The first kappa shape index (κ1) is 20.6. The van der Waals surface area contributed by atoms with Crippen molar-refractivity contribution in [1.29, 1.82) is 5.26 Å². The molecule has 152 valence electrons. The summed E-state index contributed by atoms with van der Waals surface area (Å²) in [5, 5.41) is 37.0. The zero-order valence-electron chi connectivity index (χ0n) is 15.7. The van der Waals surface area contributed by atoms with Gasteiger partial charge < -0.3 is 10.1 Å². The predicted molar refractivity (Wildman–Crippen MR) is 106 cm³/mol. The first-order chi connectivity index (χ1) is 14.4. The average Bonchev–Trinajstić information content (AvgIpc) is 3.39. The van der Waals surface area contributed by atoms with Crippen molar-refractivity contribution >= 4 is 34.3 Å². The van der Waals surface area contributed by atoms with Gasteiger partial charge in [0.2, 0.25) is 5.82 Å². The van der Waals surface area contributed by atoms with Crippen LogP contribution < -0.4 is 5.32 Å². The van der Waals surface area contributed by atoms with Gasteiger partial charge in [-0.3, -0.25) is 10.1 Å². The topological polar surface area (TPSA) is 173 Å². The quantitative estimate of drug-likeness (QED) is 0.247. The van der Waals surface area contributed by atoms with Crippen LogP contribution in [0.25, 0.3) is 16.1 Å². The number of nitrogens with one attached hydrogen (secondary N) is 2. The number of allylic oxidation sites excluding steroid dienone is 1. The number of aryl methyl sites for hydroxylation is 1. The molecule has 3 aromatic rings. The third-order valence-corrected chi connectivity index (χ3v) is 4.95. The molecule has 2 N–H and O–H groups in total. The molecular weight excluding hydrogens is 412 g/mol. The fourth-order valence-electron chi connectivity index (χ4n) is 2.42. The minimum absolute atomic E-state index is 0.0863. The first-order valence-electron chi connectivity index (χ1n) is 8.48. The number of ether oxygens (including phenoxy) is 1. The summed E-state index contributed by atoms with van der Waals surface area (Å²) in [6, 6.07) is 6.07. The number of esters is 1. The lowest BCUT2D eigenvalue weighted by atomic mass is 10.1. The van der Waals surface area contributed by atoms with Gasteiger partial charge in [-0.15, -0.1) is 21.5 Å². The lowest BCUT2D eigenvalue weighted by molar-refractivity contribution is -0.384. The van der Waals surface area contributed by atoms with Gasteiger partial charge in [-0.2, -0.15) is 10.5 Å². The number of aromatic nitrogens is 5. The molecule has 0 amide bonds. The summed E-state index contributed by atoms with van der Waals surface area (Å²) >= 11 is 1.06. The van der Waals surface area contributed by atoms with Crippen molar-refractivity contribution in [2.75, 3.05) is 11.9 Å². The Balaban J connectivity index is 2.04. The Morgan fingerprint density at radius 1 is 1.50 bits per heavy atom. The Morgan fingerprint density at radius 3 is 2.93 bits per heavy atom. The minimum Gasteiger partial charge on any atom is -0.462 e. The zero-order chi connectivity index (χ0) is 21.7. The smallest absolute Gasteiger partial charge is 0.350 e. The molecule has 13 heteroatoms. The number of nitriles is 1. The SMILES string of the molecule is CCOC(=O)c1sc(-c2cc([N+](=O)[O-])ccc2NC=C(C#N)c2nn[nH]n2)nc1C. The molecule has 0 aliphatic heterocycles. The number of nitrogens with zero attached hydrogens (tertiary/aromatic N) is 6. The summed E-state index contributed by atoms with van der Waals surface area (Å²) in [5.74, 6) is -0.425. The maximum Gasteiger partial charge on any atom is 0.350 e. The number of hydrogen-bond acceptors (Lipinski definition) is 11. The van der Waals surface area contributed by atoms with Crippen molar-refractivity contribution < 1.29 is 14.5 Å². The predicted octanol–water partition coefficient (Wildman–Crippen LogP) is 2.69. The number of benzene rings is 1. The number of anilines is 1. The highest BCUT2D eigenvalue weighted by Crippen LogP contribution is 2.36. The van der Waals surface area contributed by atoms with E-state index in [0.717, 1.165) is 11.3 Å². The van der Waals surface area contributed by atoms with Crippen LogP contribution in [0.4, 0.5) is 11.4 Å². The van der Waals surface area contributed by atoms with E-state index < -0.39 is 10.9 Å². The van der Waals surface area contributed by atoms with Gasteiger partial charge >= 0.3 is 5.97 Å². The Kier molecular flexibility index (Phi) is 6.08. The summed E-state index contributed by atoms with van der Waals surface area (Å²) < 4.78 is 5.02. The van der Waals surface area contributed by atoms with Crippen LogP contribution in [0, 0.1) is 28.4 Å². The van der Waals surface area contributed by atoms with Crippen LogP contribution in [-0.4, -0.2) is 43.1 Å². The van der Waals surface area contributed by atoms with Crippen molar-refractivity contribution in [2.45, 2.75) is 13.8 Å². The molecule has 0 bridgehead atoms. The Bertz CT molecular complexity index is 1160. The fourth-order valence-corrected chi connectivity index (χ4v) is 3.41. The van der Waals surface area contributed by atoms with Gasteiger partial charge in [0.1, 0.15) is 21.5 Å². The van der Waals surface area contributed by atoms with Gasteiger partial charge in [0, 0.05) is 29.6 Å². The van der Waals surface area contributed by atoms with Crippen LogP contribution in [0.2, 0.25) is 0 Å². The van der Waals surface area contributed by atoms with Crippen LogP contribution in [-0.2, 0) is 4.74 Å². The van der Waals surface area contributed by atoms with Crippen molar-refractivity contribution in [3.05, 3.63) is 50.9 Å². The number of non-ortho nitro benzene ring substituents is 1. The zero-order valence-corrected chi connectivity index (χ0v) is 16.6. The van der Waals surface area contributed by atoms with E-state index in [0.29, 0.717) is 26.8 Å². The van der Waals surface area contributed by atoms with Gasteiger partial charge in [0.05, 0.1) is 17.2 Å². The van der Waals surface area contributed by atoms with Crippen molar-refractivity contribution in [1.82, 2.24) is 25.6 Å². The first-order valence-corrected chi connectivity index (χ1v) is 9.30. The molecule has 0 radical (unpaired) electrons. The maximum atomic E-state index is 12.1. The molecule has 0 unspecified atom stereocenters. The molecule has 0 atom stereocenters. The van der Waals surface area contributed by atoms with Crippen molar-refractivity contribution in [3.63, 3.8) is 0 Å². The number of thiazole rings is 1. The molecule has 2 heterocycles. The summed E-state index contributed by atoms with van der Waals surface area (Å²) in [6.45, 7) is 3.56. The van der Waals surface area contributed by atoms with Gasteiger partial charge in [-0.05, 0) is 25.1 Å². The molecule has 30 heavy (non-hydrogen) atoms. The van der Waals surface area contributed by atoms with Crippen LogP contribution >= 0.6 is 11.3 Å². The number of rotatable bonds is 7. The van der Waals surface area contributed by atoms with E-state index in [4.69, 9.17) is 4.74 Å². The van der Waals surface area contributed by atoms with Crippen molar-refractivity contribution in [3.8, 4) is 16.6 Å².